The van der Waals surface area contributed by atoms with Gasteiger partial charge in [0.05, 0.1) is 5.92 Å². The third-order valence-corrected chi connectivity index (χ3v) is 1.90. The lowest BCUT2D eigenvalue weighted by Gasteiger charge is -2.14. The number of hydrogen-bond acceptors (Lipinski definition) is 1. The fraction of sp³-hybridized carbons (Fsp3) is 0.857. The van der Waals surface area contributed by atoms with Crippen LogP contribution in [-0.4, -0.2) is 18.4 Å². The van der Waals surface area contributed by atoms with Crippen molar-refractivity contribution < 1.29 is 13.2 Å². The van der Waals surface area contributed by atoms with Crippen LogP contribution in [0.15, 0.2) is 4.99 Å². The van der Waals surface area contributed by atoms with Crippen molar-refractivity contribution in [2.45, 2.75) is 25.9 Å². The van der Waals surface area contributed by atoms with Gasteiger partial charge in [-0.25, -0.2) is 0 Å². The molecule has 0 saturated carbocycles. The molecule has 0 saturated heterocycles. The highest BCUT2D eigenvalue weighted by Gasteiger charge is 2.39. The maximum atomic E-state index is 12.0. The van der Waals surface area contributed by atoms with Crippen LogP contribution in [-0.2, 0) is 0 Å². The third-order valence-electron chi connectivity index (χ3n) is 1.90. The minimum absolute atomic E-state index is 0.317. The molecule has 1 aliphatic rings. The van der Waals surface area contributed by atoms with E-state index in [4.69, 9.17) is 0 Å². The minimum Gasteiger partial charge on any atom is -0.293 e. The molecule has 1 aliphatic heterocycles. The Kier molecular flexibility index (Phi) is 2.20. The molecule has 11 heavy (non-hydrogen) atoms. The van der Waals surface area contributed by atoms with Crippen molar-refractivity contribution >= 4 is 5.71 Å². The number of rotatable bonds is 1. The molecule has 1 heterocycles. The van der Waals surface area contributed by atoms with E-state index in [0.29, 0.717) is 18.7 Å². The van der Waals surface area contributed by atoms with Crippen molar-refractivity contribution in [3.8, 4) is 0 Å². The van der Waals surface area contributed by atoms with Crippen molar-refractivity contribution in [1.82, 2.24) is 0 Å². The second-order valence-corrected chi connectivity index (χ2v) is 2.74. The first kappa shape index (κ1) is 8.56. The molecular weight excluding hydrogens is 155 g/mol. The molecule has 0 amide bonds. The standard InChI is InChI=1S/C7H10F3N/c1-5(7(8,9)10)6-3-2-4-11-6/h5H,2-4H2,1H3/t5-/m0/s1. The van der Waals surface area contributed by atoms with E-state index in [1.54, 1.807) is 0 Å². The van der Waals surface area contributed by atoms with Gasteiger partial charge in [-0.15, -0.1) is 0 Å². The van der Waals surface area contributed by atoms with E-state index in [1.165, 1.54) is 6.92 Å². The molecule has 0 aliphatic carbocycles. The lowest BCUT2D eigenvalue weighted by atomic mass is 10.0. The molecular formula is C7H10F3N. The summed E-state index contributed by atoms with van der Waals surface area (Å²) in [6, 6.07) is 0. The summed E-state index contributed by atoms with van der Waals surface area (Å²) in [6.07, 6.45) is -2.82. The average Bonchev–Trinajstić information content (AvgIpc) is 2.34. The monoisotopic (exact) mass is 165 g/mol. The maximum Gasteiger partial charge on any atom is 0.396 e. The summed E-state index contributed by atoms with van der Waals surface area (Å²) >= 11 is 0. The molecule has 1 nitrogen and oxygen atoms in total. The fourth-order valence-corrected chi connectivity index (χ4v) is 1.10. The summed E-state index contributed by atoms with van der Waals surface area (Å²) in [7, 11) is 0. The number of alkyl halides is 3. The quantitative estimate of drug-likeness (QED) is 0.565. The Morgan fingerprint density at radius 3 is 2.45 bits per heavy atom. The van der Waals surface area contributed by atoms with Crippen LogP contribution < -0.4 is 0 Å². The molecule has 0 bridgehead atoms. The molecule has 64 valence electrons. The predicted molar refractivity (Wildman–Crippen MR) is 36.8 cm³/mol. The highest BCUT2D eigenvalue weighted by molar-refractivity contribution is 5.88. The van der Waals surface area contributed by atoms with Gasteiger partial charge in [0.2, 0.25) is 0 Å². The lowest BCUT2D eigenvalue weighted by molar-refractivity contribution is -0.151. The molecule has 0 N–H and O–H groups in total. The van der Waals surface area contributed by atoms with E-state index >= 15 is 0 Å². The van der Waals surface area contributed by atoms with Gasteiger partial charge in [0.25, 0.3) is 0 Å². The Bertz CT molecular complexity index is 171. The zero-order valence-corrected chi connectivity index (χ0v) is 6.28. The first-order valence-corrected chi connectivity index (χ1v) is 3.62. The molecule has 4 heteroatoms. The van der Waals surface area contributed by atoms with E-state index in [9.17, 15) is 13.2 Å². The topological polar surface area (TPSA) is 12.4 Å². The second kappa shape index (κ2) is 2.83. The third kappa shape index (κ3) is 1.94. The Labute approximate surface area is 63.3 Å². The van der Waals surface area contributed by atoms with E-state index in [2.05, 4.69) is 4.99 Å². The second-order valence-electron chi connectivity index (χ2n) is 2.74. The molecule has 0 aromatic carbocycles. The van der Waals surface area contributed by atoms with Gasteiger partial charge in [0.15, 0.2) is 0 Å². The van der Waals surface area contributed by atoms with Gasteiger partial charge in [-0.2, -0.15) is 13.2 Å². The van der Waals surface area contributed by atoms with Crippen LogP contribution in [0.2, 0.25) is 0 Å². The van der Waals surface area contributed by atoms with Crippen LogP contribution in [0, 0.1) is 5.92 Å². The molecule has 0 aromatic rings. The highest BCUT2D eigenvalue weighted by Crippen LogP contribution is 2.29. The summed E-state index contributed by atoms with van der Waals surface area (Å²) in [4.78, 5) is 3.80. The Morgan fingerprint density at radius 2 is 2.09 bits per heavy atom. The number of aliphatic imine (C=N–C) groups is 1. The minimum atomic E-state index is -4.11. The van der Waals surface area contributed by atoms with Crippen molar-refractivity contribution in [2.75, 3.05) is 6.54 Å². The number of nitrogens with zero attached hydrogens (tertiary/aromatic N) is 1. The van der Waals surface area contributed by atoms with Gasteiger partial charge in [-0.05, 0) is 19.8 Å². The molecule has 1 rings (SSSR count). The van der Waals surface area contributed by atoms with Crippen LogP contribution in [0.25, 0.3) is 0 Å². The van der Waals surface area contributed by atoms with Crippen molar-refractivity contribution in [2.24, 2.45) is 10.9 Å². The predicted octanol–water partition coefficient (Wildman–Crippen LogP) is 2.42. The van der Waals surface area contributed by atoms with Gasteiger partial charge in [0, 0.05) is 12.3 Å². The van der Waals surface area contributed by atoms with Crippen LogP contribution in [0.4, 0.5) is 13.2 Å². The van der Waals surface area contributed by atoms with E-state index in [0.717, 1.165) is 6.42 Å². The van der Waals surface area contributed by atoms with E-state index in [1.807, 2.05) is 0 Å². The van der Waals surface area contributed by atoms with Crippen LogP contribution >= 0.6 is 0 Å². The summed E-state index contributed by atoms with van der Waals surface area (Å²) in [5.41, 5.74) is 0.317. The highest BCUT2D eigenvalue weighted by atomic mass is 19.4. The summed E-state index contributed by atoms with van der Waals surface area (Å²) in [6.45, 7) is 1.74. The molecule has 0 fully saturated rings. The SMILES string of the molecule is C[C@@H](C1=NCCC1)C(F)(F)F. The van der Waals surface area contributed by atoms with Crippen molar-refractivity contribution in [1.29, 1.82) is 0 Å². The fourth-order valence-electron chi connectivity index (χ4n) is 1.10. The zero-order valence-electron chi connectivity index (χ0n) is 6.28. The van der Waals surface area contributed by atoms with Gasteiger partial charge >= 0.3 is 6.18 Å². The van der Waals surface area contributed by atoms with Crippen LogP contribution in [0.3, 0.4) is 0 Å². The first-order chi connectivity index (χ1) is 5.02. The molecule has 1 atom stereocenters. The Hall–Kier alpha value is -0.540. The van der Waals surface area contributed by atoms with E-state index < -0.39 is 12.1 Å². The van der Waals surface area contributed by atoms with Crippen LogP contribution in [0.5, 0.6) is 0 Å². The largest absolute Gasteiger partial charge is 0.396 e. The summed E-state index contributed by atoms with van der Waals surface area (Å²) in [5.74, 6) is -1.34. The molecule has 0 unspecified atom stereocenters. The Balaban J connectivity index is 2.60. The summed E-state index contributed by atoms with van der Waals surface area (Å²) in [5, 5.41) is 0. The van der Waals surface area contributed by atoms with Gasteiger partial charge in [-0.3, -0.25) is 4.99 Å². The summed E-state index contributed by atoms with van der Waals surface area (Å²) < 4.78 is 36.1. The molecule has 0 radical (unpaired) electrons. The Morgan fingerprint density at radius 1 is 1.45 bits per heavy atom. The first-order valence-electron chi connectivity index (χ1n) is 3.62. The van der Waals surface area contributed by atoms with Gasteiger partial charge in [0.1, 0.15) is 0 Å². The normalized spacial score (nSPS) is 21.6. The molecule has 0 aromatic heterocycles. The van der Waals surface area contributed by atoms with Crippen molar-refractivity contribution in [3.05, 3.63) is 0 Å². The van der Waals surface area contributed by atoms with Crippen molar-refractivity contribution in [3.63, 3.8) is 0 Å². The number of halogens is 3. The van der Waals surface area contributed by atoms with Crippen LogP contribution in [0.1, 0.15) is 19.8 Å². The average molecular weight is 165 g/mol. The number of hydrogen-bond donors (Lipinski definition) is 0. The molecule has 0 spiro atoms. The maximum absolute atomic E-state index is 12.0. The smallest absolute Gasteiger partial charge is 0.293 e. The zero-order chi connectivity index (χ0) is 8.48. The lowest BCUT2D eigenvalue weighted by Crippen LogP contribution is -2.26. The van der Waals surface area contributed by atoms with Gasteiger partial charge in [-0.1, -0.05) is 0 Å². The van der Waals surface area contributed by atoms with Gasteiger partial charge < -0.3 is 0 Å². The van der Waals surface area contributed by atoms with E-state index in [-0.39, 0.29) is 0 Å².